The Balaban J connectivity index is 3.17. The largest absolute Gasteiger partial charge is 0.505 e. The van der Waals surface area contributed by atoms with E-state index in [-0.39, 0.29) is 10.8 Å². The van der Waals surface area contributed by atoms with Crippen molar-refractivity contribution in [1.29, 1.82) is 0 Å². The van der Waals surface area contributed by atoms with Crippen LogP contribution in [0.3, 0.4) is 0 Å². The van der Waals surface area contributed by atoms with Crippen LogP contribution < -0.4 is 0 Å². The molecule has 1 rings (SSSR count). The number of rotatable bonds is 0. The Kier molecular flexibility index (Phi) is 1.53. The van der Waals surface area contributed by atoms with E-state index in [9.17, 15) is 4.39 Å². The predicted molar refractivity (Wildman–Crippen MR) is 30.9 cm³/mol. The highest BCUT2D eigenvalue weighted by Crippen LogP contribution is 2.20. The molecule has 1 N–H and O–H groups in total. The summed E-state index contributed by atoms with van der Waals surface area (Å²) in [5.74, 6) is -0.907. The van der Waals surface area contributed by atoms with Crippen LogP contribution in [-0.4, -0.2) is 10.1 Å². The number of aromatic hydroxyl groups is 1. The highest BCUT2D eigenvalue weighted by Gasteiger charge is 1.98. The molecule has 0 fully saturated rings. The molecule has 0 amide bonds. The summed E-state index contributed by atoms with van der Waals surface area (Å²) in [6, 6.07) is 0.941. The highest BCUT2D eigenvalue weighted by molar-refractivity contribution is 6.31. The normalized spacial score (nSPS) is 9.56. The molecule has 0 bridgehead atoms. The summed E-state index contributed by atoms with van der Waals surface area (Å²) in [5.41, 5.74) is 0. The Morgan fingerprint density at radius 1 is 1.67 bits per heavy atom. The molecular weight excluding hydrogens is 145 g/mol. The number of halogens is 2. The summed E-state index contributed by atoms with van der Waals surface area (Å²) in [6.45, 7) is 0. The standard InChI is InChI=1S/C5H3ClFNO/c6-3-1-5(7)8-2-4(3)9/h1-2,9H. The maximum Gasteiger partial charge on any atom is 0.214 e. The fourth-order valence-corrected chi connectivity index (χ4v) is 0.539. The molecule has 1 aromatic rings. The zero-order valence-corrected chi connectivity index (χ0v) is 5.06. The molecule has 2 nitrogen and oxygen atoms in total. The van der Waals surface area contributed by atoms with E-state index in [0.717, 1.165) is 12.3 Å². The second-order valence-corrected chi connectivity index (χ2v) is 1.87. The van der Waals surface area contributed by atoms with Gasteiger partial charge in [0.25, 0.3) is 0 Å². The minimum absolute atomic E-state index is 0.0255. The monoisotopic (exact) mass is 147 g/mol. The highest BCUT2D eigenvalue weighted by atomic mass is 35.5. The van der Waals surface area contributed by atoms with Crippen LogP contribution in [-0.2, 0) is 0 Å². The molecule has 1 aromatic heterocycles. The van der Waals surface area contributed by atoms with E-state index in [1.807, 2.05) is 0 Å². The molecule has 0 atom stereocenters. The van der Waals surface area contributed by atoms with E-state index in [0.29, 0.717) is 0 Å². The number of aromatic nitrogens is 1. The SMILES string of the molecule is Oc1cnc(F)cc1Cl. The summed E-state index contributed by atoms with van der Waals surface area (Å²) < 4.78 is 12.0. The average molecular weight is 148 g/mol. The van der Waals surface area contributed by atoms with Gasteiger partial charge in [0.05, 0.1) is 11.2 Å². The van der Waals surface area contributed by atoms with Crippen LogP contribution in [0.15, 0.2) is 12.3 Å². The second kappa shape index (κ2) is 2.19. The van der Waals surface area contributed by atoms with Crippen molar-refractivity contribution in [2.45, 2.75) is 0 Å². The zero-order chi connectivity index (χ0) is 6.85. The van der Waals surface area contributed by atoms with E-state index in [1.54, 1.807) is 0 Å². The molecule has 0 saturated heterocycles. The first-order valence-electron chi connectivity index (χ1n) is 2.20. The van der Waals surface area contributed by atoms with Gasteiger partial charge in [0.2, 0.25) is 5.95 Å². The van der Waals surface area contributed by atoms with Crippen LogP contribution in [0.4, 0.5) is 4.39 Å². The zero-order valence-electron chi connectivity index (χ0n) is 4.31. The van der Waals surface area contributed by atoms with Gasteiger partial charge in [-0.2, -0.15) is 4.39 Å². The van der Waals surface area contributed by atoms with E-state index in [4.69, 9.17) is 16.7 Å². The lowest BCUT2D eigenvalue weighted by Gasteiger charge is -1.91. The minimum atomic E-state index is -0.696. The molecule has 0 saturated carbocycles. The maximum atomic E-state index is 12.0. The van der Waals surface area contributed by atoms with Crippen molar-refractivity contribution in [3.8, 4) is 5.75 Å². The third-order valence-corrected chi connectivity index (χ3v) is 1.10. The van der Waals surface area contributed by atoms with Crippen LogP contribution in [0.2, 0.25) is 5.02 Å². The molecule has 48 valence electrons. The van der Waals surface area contributed by atoms with Gasteiger partial charge < -0.3 is 5.11 Å². The van der Waals surface area contributed by atoms with Gasteiger partial charge in [0, 0.05) is 6.07 Å². The van der Waals surface area contributed by atoms with Crippen molar-refractivity contribution >= 4 is 11.6 Å². The van der Waals surface area contributed by atoms with Gasteiger partial charge >= 0.3 is 0 Å². The summed E-state index contributed by atoms with van der Waals surface area (Å²) >= 11 is 5.28. The van der Waals surface area contributed by atoms with Crippen molar-refractivity contribution in [2.75, 3.05) is 0 Å². The molecule has 0 spiro atoms. The molecule has 0 unspecified atom stereocenters. The number of hydrogen-bond acceptors (Lipinski definition) is 2. The molecular formula is C5H3ClFNO. The van der Waals surface area contributed by atoms with Gasteiger partial charge in [-0.15, -0.1) is 0 Å². The Hall–Kier alpha value is -0.830. The smallest absolute Gasteiger partial charge is 0.214 e. The Bertz CT molecular complexity index is 228. The van der Waals surface area contributed by atoms with Gasteiger partial charge in [-0.05, 0) is 0 Å². The third kappa shape index (κ3) is 1.29. The summed E-state index contributed by atoms with van der Waals surface area (Å²) in [7, 11) is 0. The third-order valence-electron chi connectivity index (χ3n) is 0.801. The topological polar surface area (TPSA) is 33.1 Å². The molecule has 1 heterocycles. The Morgan fingerprint density at radius 2 is 2.33 bits per heavy atom. The summed E-state index contributed by atoms with van der Waals surface area (Å²) in [5, 5.41) is 8.66. The van der Waals surface area contributed by atoms with Gasteiger partial charge in [0.1, 0.15) is 0 Å². The molecule has 9 heavy (non-hydrogen) atoms. The summed E-state index contributed by atoms with van der Waals surface area (Å²) in [4.78, 5) is 3.14. The first kappa shape index (κ1) is 6.29. The maximum absolute atomic E-state index is 12.0. The van der Waals surface area contributed by atoms with Gasteiger partial charge in [0.15, 0.2) is 5.75 Å². The number of pyridine rings is 1. The van der Waals surface area contributed by atoms with E-state index >= 15 is 0 Å². The van der Waals surface area contributed by atoms with E-state index < -0.39 is 5.95 Å². The molecule has 0 aliphatic heterocycles. The number of nitrogens with zero attached hydrogens (tertiary/aromatic N) is 1. The molecule has 0 aliphatic rings. The number of hydrogen-bond donors (Lipinski definition) is 1. The van der Waals surface area contributed by atoms with Crippen molar-refractivity contribution in [1.82, 2.24) is 4.98 Å². The minimum Gasteiger partial charge on any atom is -0.505 e. The lowest BCUT2D eigenvalue weighted by molar-refractivity contribution is 0.467. The first-order chi connectivity index (χ1) is 4.20. The Morgan fingerprint density at radius 3 is 2.78 bits per heavy atom. The quantitative estimate of drug-likeness (QED) is 0.566. The predicted octanol–water partition coefficient (Wildman–Crippen LogP) is 1.58. The molecule has 4 heteroatoms. The van der Waals surface area contributed by atoms with Gasteiger partial charge in [-0.1, -0.05) is 11.6 Å². The average Bonchev–Trinajstić information content (AvgIpc) is 1.80. The van der Waals surface area contributed by atoms with Crippen LogP contribution >= 0.6 is 11.6 Å². The van der Waals surface area contributed by atoms with Crippen LogP contribution in [0.25, 0.3) is 0 Å². The summed E-state index contributed by atoms with van der Waals surface area (Å²) in [6.07, 6.45) is 0.956. The van der Waals surface area contributed by atoms with Crippen molar-refractivity contribution < 1.29 is 9.50 Å². The molecule has 0 radical (unpaired) electrons. The van der Waals surface area contributed by atoms with Crippen molar-refractivity contribution in [3.63, 3.8) is 0 Å². The van der Waals surface area contributed by atoms with E-state index in [2.05, 4.69) is 4.98 Å². The van der Waals surface area contributed by atoms with Crippen molar-refractivity contribution in [2.24, 2.45) is 0 Å². The van der Waals surface area contributed by atoms with Gasteiger partial charge in [-0.25, -0.2) is 4.98 Å². The fourth-order valence-electron chi connectivity index (χ4n) is 0.400. The van der Waals surface area contributed by atoms with Crippen LogP contribution in [0.1, 0.15) is 0 Å². The lowest BCUT2D eigenvalue weighted by Crippen LogP contribution is -1.79. The second-order valence-electron chi connectivity index (χ2n) is 1.46. The molecule has 0 aliphatic carbocycles. The lowest BCUT2D eigenvalue weighted by atomic mass is 10.4. The fraction of sp³-hybridized carbons (Fsp3) is 0. The van der Waals surface area contributed by atoms with Crippen LogP contribution in [0.5, 0.6) is 5.75 Å². The van der Waals surface area contributed by atoms with Gasteiger partial charge in [-0.3, -0.25) is 0 Å². The first-order valence-corrected chi connectivity index (χ1v) is 2.58. The van der Waals surface area contributed by atoms with E-state index in [1.165, 1.54) is 0 Å². The molecule has 0 aromatic carbocycles. The van der Waals surface area contributed by atoms with Crippen LogP contribution in [0, 0.1) is 5.95 Å². The van der Waals surface area contributed by atoms with Crippen molar-refractivity contribution in [3.05, 3.63) is 23.2 Å². The Labute approximate surface area is 55.9 Å².